The van der Waals surface area contributed by atoms with Crippen LogP contribution >= 0.6 is 0 Å². The Labute approximate surface area is 80.7 Å². The van der Waals surface area contributed by atoms with Crippen LogP contribution in [0.25, 0.3) is 0 Å². The highest BCUT2D eigenvalue weighted by Crippen LogP contribution is 2.14. The van der Waals surface area contributed by atoms with Gasteiger partial charge in [-0.3, -0.25) is 4.90 Å². The highest BCUT2D eigenvalue weighted by atomic mass is 15.2. The maximum Gasteiger partial charge on any atom is 0.0951 e. The van der Waals surface area contributed by atoms with Crippen molar-refractivity contribution in [2.75, 3.05) is 19.6 Å². The first-order valence-corrected chi connectivity index (χ1v) is 5.15. The van der Waals surface area contributed by atoms with E-state index in [-0.39, 0.29) is 6.04 Å². The minimum atomic E-state index is 0.0631. The average molecular weight is 181 g/mol. The summed E-state index contributed by atoms with van der Waals surface area (Å²) in [4.78, 5) is 2.31. The molecule has 1 atom stereocenters. The van der Waals surface area contributed by atoms with Crippen LogP contribution in [-0.2, 0) is 0 Å². The van der Waals surface area contributed by atoms with Crippen LogP contribution in [0.15, 0.2) is 0 Å². The Hall–Kier alpha value is -0.590. The van der Waals surface area contributed by atoms with Gasteiger partial charge in [-0.05, 0) is 39.4 Å². The second kappa shape index (κ2) is 5.21. The topological polar surface area (TPSA) is 39.1 Å². The third-order valence-corrected chi connectivity index (χ3v) is 2.83. The second-order valence-corrected chi connectivity index (χ2v) is 3.62. The normalized spacial score (nSPS) is 21.4. The lowest BCUT2D eigenvalue weighted by Crippen LogP contribution is -2.46. The largest absolute Gasteiger partial charge is 0.317 e. The second-order valence-electron chi connectivity index (χ2n) is 3.62. The van der Waals surface area contributed by atoms with Crippen LogP contribution in [0.5, 0.6) is 0 Å². The minimum Gasteiger partial charge on any atom is -0.317 e. The van der Waals surface area contributed by atoms with Gasteiger partial charge >= 0.3 is 0 Å². The lowest BCUT2D eigenvalue weighted by Gasteiger charge is -2.35. The molecular weight excluding hydrogens is 162 g/mol. The van der Waals surface area contributed by atoms with E-state index in [0.29, 0.717) is 6.04 Å². The zero-order chi connectivity index (χ0) is 9.68. The van der Waals surface area contributed by atoms with Crippen molar-refractivity contribution in [3.63, 3.8) is 0 Å². The van der Waals surface area contributed by atoms with Crippen LogP contribution in [0.3, 0.4) is 0 Å². The molecule has 0 aliphatic carbocycles. The van der Waals surface area contributed by atoms with E-state index in [1.807, 2.05) is 6.92 Å². The number of rotatable bonds is 3. The summed E-state index contributed by atoms with van der Waals surface area (Å²) in [5, 5.41) is 12.2. The molecule has 1 saturated heterocycles. The van der Waals surface area contributed by atoms with E-state index in [9.17, 15) is 0 Å². The van der Waals surface area contributed by atoms with Gasteiger partial charge < -0.3 is 5.32 Å². The van der Waals surface area contributed by atoms with Crippen molar-refractivity contribution in [2.24, 2.45) is 0 Å². The first kappa shape index (κ1) is 10.5. The highest BCUT2D eigenvalue weighted by Gasteiger charge is 2.23. The van der Waals surface area contributed by atoms with Crippen LogP contribution < -0.4 is 5.32 Å². The molecule has 1 unspecified atom stereocenters. The van der Waals surface area contributed by atoms with Gasteiger partial charge in [0.1, 0.15) is 0 Å². The molecule has 3 heteroatoms. The fourth-order valence-corrected chi connectivity index (χ4v) is 2.06. The first-order chi connectivity index (χ1) is 6.29. The lowest BCUT2D eigenvalue weighted by atomic mass is 10.0. The summed E-state index contributed by atoms with van der Waals surface area (Å²) in [5.74, 6) is 0. The number of hydrogen-bond acceptors (Lipinski definition) is 3. The molecule has 13 heavy (non-hydrogen) atoms. The predicted molar refractivity (Wildman–Crippen MR) is 53.3 cm³/mol. The van der Waals surface area contributed by atoms with Gasteiger partial charge in [0, 0.05) is 6.04 Å². The molecule has 0 saturated carbocycles. The van der Waals surface area contributed by atoms with Crippen LogP contribution in [0, 0.1) is 11.3 Å². The van der Waals surface area contributed by atoms with E-state index in [4.69, 9.17) is 5.26 Å². The molecule has 1 aliphatic heterocycles. The number of nitrogens with one attached hydrogen (secondary N) is 1. The van der Waals surface area contributed by atoms with Crippen molar-refractivity contribution >= 4 is 0 Å². The molecule has 0 aromatic carbocycles. The van der Waals surface area contributed by atoms with Gasteiger partial charge in [-0.25, -0.2) is 0 Å². The van der Waals surface area contributed by atoms with Crippen LogP contribution in [-0.4, -0.2) is 36.6 Å². The van der Waals surface area contributed by atoms with Crippen molar-refractivity contribution < 1.29 is 0 Å². The molecule has 1 N–H and O–H groups in total. The summed E-state index contributed by atoms with van der Waals surface area (Å²) in [6.45, 7) is 7.30. The zero-order valence-electron chi connectivity index (χ0n) is 8.58. The summed E-state index contributed by atoms with van der Waals surface area (Å²) in [7, 11) is 0. The SMILES string of the molecule is CCN(C(C)C#N)C1CCNCC1. The Balaban J connectivity index is 2.49. The van der Waals surface area contributed by atoms with E-state index in [1.165, 1.54) is 12.8 Å². The lowest BCUT2D eigenvalue weighted by molar-refractivity contribution is 0.149. The zero-order valence-corrected chi connectivity index (χ0v) is 8.58. The quantitative estimate of drug-likeness (QED) is 0.705. The van der Waals surface area contributed by atoms with Gasteiger partial charge in [0.25, 0.3) is 0 Å². The third-order valence-electron chi connectivity index (χ3n) is 2.83. The van der Waals surface area contributed by atoms with E-state index in [1.54, 1.807) is 0 Å². The summed E-state index contributed by atoms with van der Waals surface area (Å²) >= 11 is 0. The summed E-state index contributed by atoms with van der Waals surface area (Å²) in [6, 6.07) is 2.99. The Morgan fingerprint density at radius 1 is 1.54 bits per heavy atom. The average Bonchev–Trinajstić information content (AvgIpc) is 2.20. The molecule has 3 nitrogen and oxygen atoms in total. The van der Waals surface area contributed by atoms with Crippen molar-refractivity contribution in [2.45, 2.75) is 38.8 Å². The molecular formula is C10H19N3. The maximum atomic E-state index is 8.86. The van der Waals surface area contributed by atoms with E-state index in [2.05, 4.69) is 23.2 Å². The van der Waals surface area contributed by atoms with E-state index in [0.717, 1.165) is 19.6 Å². The fraction of sp³-hybridized carbons (Fsp3) is 0.900. The van der Waals surface area contributed by atoms with Gasteiger partial charge in [0.05, 0.1) is 12.1 Å². The molecule has 1 fully saturated rings. The van der Waals surface area contributed by atoms with Crippen LogP contribution in [0.2, 0.25) is 0 Å². The summed E-state index contributed by atoms with van der Waals surface area (Å²) in [5.41, 5.74) is 0. The summed E-state index contributed by atoms with van der Waals surface area (Å²) < 4.78 is 0. The molecule has 0 aromatic heterocycles. The van der Waals surface area contributed by atoms with Gasteiger partial charge in [0.2, 0.25) is 0 Å². The van der Waals surface area contributed by atoms with E-state index < -0.39 is 0 Å². The molecule has 1 heterocycles. The molecule has 0 amide bonds. The molecule has 1 rings (SSSR count). The molecule has 74 valence electrons. The summed E-state index contributed by atoms with van der Waals surface area (Å²) in [6.07, 6.45) is 2.36. The maximum absolute atomic E-state index is 8.86. The Morgan fingerprint density at radius 2 is 2.15 bits per heavy atom. The fourth-order valence-electron chi connectivity index (χ4n) is 2.06. The van der Waals surface area contributed by atoms with Crippen LogP contribution in [0.1, 0.15) is 26.7 Å². The van der Waals surface area contributed by atoms with Crippen molar-refractivity contribution in [3.05, 3.63) is 0 Å². The van der Waals surface area contributed by atoms with Gasteiger partial charge in [-0.2, -0.15) is 5.26 Å². The van der Waals surface area contributed by atoms with E-state index >= 15 is 0 Å². The number of nitrogens with zero attached hydrogens (tertiary/aromatic N) is 2. The minimum absolute atomic E-state index is 0.0631. The molecule has 0 radical (unpaired) electrons. The smallest absolute Gasteiger partial charge is 0.0951 e. The molecule has 0 spiro atoms. The number of hydrogen-bond donors (Lipinski definition) is 1. The predicted octanol–water partition coefficient (Wildman–Crippen LogP) is 0.972. The molecule has 1 aliphatic rings. The monoisotopic (exact) mass is 181 g/mol. The van der Waals surface area contributed by atoms with Gasteiger partial charge in [0.15, 0.2) is 0 Å². The van der Waals surface area contributed by atoms with Crippen LogP contribution in [0.4, 0.5) is 0 Å². The first-order valence-electron chi connectivity index (χ1n) is 5.15. The molecule has 0 aromatic rings. The Kier molecular flexibility index (Phi) is 4.20. The van der Waals surface area contributed by atoms with Gasteiger partial charge in [-0.15, -0.1) is 0 Å². The van der Waals surface area contributed by atoms with Crippen molar-refractivity contribution in [1.29, 1.82) is 5.26 Å². The van der Waals surface area contributed by atoms with Gasteiger partial charge in [-0.1, -0.05) is 6.92 Å². The highest BCUT2D eigenvalue weighted by molar-refractivity contribution is 4.91. The molecule has 0 bridgehead atoms. The van der Waals surface area contributed by atoms with Crippen molar-refractivity contribution in [1.82, 2.24) is 10.2 Å². The number of piperidine rings is 1. The third kappa shape index (κ3) is 2.68. The Morgan fingerprint density at radius 3 is 2.62 bits per heavy atom. The number of nitriles is 1. The Bertz CT molecular complexity index is 179. The standard InChI is InChI=1S/C10H19N3/c1-3-13(9(2)8-11)10-4-6-12-7-5-10/h9-10,12H,3-7H2,1-2H3. The van der Waals surface area contributed by atoms with Crippen molar-refractivity contribution in [3.8, 4) is 6.07 Å².